The Bertz CT molecular complexity index is 1140. The maximum absolute atomic E-state index is 4.76. The molecule has 2 bridgehead atoms. The minimum Gasteiger partial charge on any atom is -0.305 e. The first kappa shape index (κ1) is 17.6. The quantitative estimate of drug-likeness (QED) is 0.254. The van der Waals surface area contributed by atoms with Crippen molar-refractivity contribution >= 4 is 31.5 Å². The number of thiophene rings is 1. The molecule has 1 nitrogen and oxygen atoms in total. The summed E-state index contributed by atoms with van der Waals surface area (Å²) < 4.78 is 2.65. The molecule has 1 radical (unpaired) electrons. The summed E-state index contributed by atoms with van der Waals surface area (Å²) in [6.07, 6.45) is 8.94. The van der Waals surface area contributed by atoms with Gasteiger partial charge in [-0.15, -0.1) is 23.8 Å². The molecule has 2 aliphatic carbocycles. The predicted molar refractivity (Wildman–Crippen MR) is 110 cm³/mol. The minimum absolute atomic E-state index is 0. The van der Waals surface area contributed by atoms with Gasteiger partial charge in [-0.3, -0.25) is 0 Å². The Labute approximate surface area is 177 Å². The molecular formula is C24H20IrNS-. The first-order valence-corrected chi connectivity index (χ1v) is 10.4. The standard InChI is InChI=1S/C24H20NS.Ir/c1-2-7-22-18(4-1)19-5-3-6-20(23(19)26-22)21-14-17(10-13-25-21)24-11-8-16(15-24)9-12-24;/h1-5,7,10,13-14,16H,8-9,11-12,15H2;/q-1;. The molecule has 2 heterocycles. The SMILES string of the molecule is [Ir].[c-]1ccc2c(sc3ccccc32)c1-c1cc(C23CCC(CC2)C3)ccn1. The van der Waals surface area contributed by atoms with E-state index in [4.69, 9.17) is 4.98 Å². The summed E-state index contributed by atoms with van der Waals surface area (Å²) in [5.74, 6) is 0.962. The molecule has 27 heavy (non-hydrogen) atoms. The van der Waals surface area contributed by atoms with Crippen molar-refractivity contribution in [1.82, 2.24) is 4.98 Å². The number of rotatable bonds is 2. The van der Waals surface area contributed by atoms with Crippen LogP contribution >= 0.6 is 11.3 Å². The van der Waals surface area contributed by atoms with Gasteiger partial charge in [0.1, 0.15) is 0 Å². The fourth-order valence-corrected chi connectivity index (χ4v) is 6.58. The van der Waals surface area contributed by atoms with E-state index in [0.717, 1.165) is 17.2 Å². The minimum atomic E-state index is 0. The number of nitrogens with zero attached hydrogens (tertiary/aromatic N) is 1. The van der Waals surface area contributed by atoms with E-state index in [1.54, 1.807) is 0 Å². The first-order chi connectivity index (χ1) is 12.8. The Hall–Kier alpha value is -1.54. The molecule has 137 valence electrons. The molecule has 0 unspecified atom stereocenters. The van der Waals surface area contributed by atoms with Gasteiger partial charge in [0.25, 0.3) is 0 Å². The Balaban J connectivity index is 0.00000160. The summed E-state index contributed by atoms with van der Waals surface area (Å²) in [7, 11) is 0. The summed E-state index contributed by atoms with van der Waals surface area (Å²) >= 11 is 1.86. The molecule has 0 atom stereocenters. The second-order valence-electron chi connectivity index (χ2n) is 8.05. The maximum Gasteiger partial charge on any atom is 0.0239 e. The predicted octanol–water partition coefficient (Wildman–Crippen LogP) is 6.75. The summed E-state index contributed by atoms with van der Waals surface area (Å²) in [6.45, 7) is 0. The van der Waals surface area contributed by atoms with Crippen molar-refractivity contribution in [2.75, 3.05) is 0 Å². The third-order valence-corrected chi connectivity index (χ3v) is 7.91. The van der Waals surface area contributed by atoms with Crippen LogP contribution in [0.4, 0.5) is 0 Å². The average molecular weight is 547 g/mol. The fourth-order valence-electron chi connectivity index (χ4n) is 5.38. The Morgan fingerprint density at radius 2 is 1.89 bits per heavy atom. The molecule has 0 N–H and O–H groups in total. The van der Waals surface area contributed by atoms with Gasteiger partial charge in [-0.2, -0.15) is 11.3 Å². The smallest absolute Gasteiger partial charge is 0.0239 e. The van der Waals surface area contributed by atoms with Crippen molar-refractivity contribution in [3.63, 3.8) is 0 Å². The van der Waals surface area contributed by atoms with Crippen LogP contribution in [-0.2, 0) is 25.5 Å². The van der Waals surface area contributed by atoms with Crippen LogP contribution in [0, 0.1) is 12.0 Å². The molecule has 2 aliphatic rings. The van der Waals surface area contributed by atoms with E-state index < -0.39 is 0 Å². The molecule has 2 aromatic heterocycles. The van der Waals surface area contributed by atoms with E-state index >= 15 is 0 Å². The monoisotopic (exact) mass is 547 g/mol. The molecule has 0 saturated heterocycles. The summed E-state index contributed by atoms with van der Waals surface area (Å²) in [5.41, 5.74) is 4.18. The van der Waals surface area contributed by atoms with E-state index in [9.17, 15) is 0 Å². The van der Waals surface area contributed by atoms with Crippen LogP contribution < -0.4 is 0 Å². The fraction of sp³-hybridized carbons (Fsp3) is 0.292. The molecule has 0 amide bonds. The van der Waals surface area contributed by atoms with Gasteiger partial charge in [-0.25, -0.2) is 0 Å². The normalized spacial score (nSPS) is 23.8. The van der Waals surface area contributed by atoms with Crippen LogP contribution in [-0.4, -0.2) is 4.98 Å². The number of fused-ring (bicyclic) bond motifs is 5. The topological polar surface area (TPSA) is 12.9 Å². The van der Waals surface area contributed by atoms with Crippen LogP contribution in [0.25, 0.3) is 31.4 Å². The van der Waals surface area contributed by atoms with Crippen molar-refractivity contribution < 1.29 is 20.1 Å². The van der Waals surface area contributed by atoms with Crippen molar-refractivity contribution in [2.24, 2.45) is 5.92 Å². The van der Waals surface area contributed by atoms with E-state index in [0.29, 0.717) is 5.41 Å². The number of aromatic nitrogens is 1. The van der Waals surface area contributed by atoms with Gasteiger partial charge in [0.15, 0.2) is 0 Å². The zero-order valence-electron chi connectivity index (χ0n) is 15.0. The van der Waals surface area contributed by atoms with Crippen LogP contribution in [0.5, 0.6) is 0 Å². The first-order valence-electron chi connectivity index (χ1n) is 9.61. The van der Waals surface area contributed by atoms with Gasteiger partial charge in [-0.1, -0.05) is 29.7 Å². The molecule has 2 aromatic carbocycles. The molecule has 0 aliphatic heterocycles. The van der Waals surface area contributed by atoms with Gasteiger partial charge in [-0.05, 0) is 76.9 Å². The van der Waals surface area contributed by atoms with Crippen molar-refractivity contribution in [2.45, 2.75) is 37.5 Å². The molecule has 2 saturated carbocycles. The zero-order valence-corrected chi connectivity index (χ0v) is 18.2. The van der Waals surface area contributed by atoms with Gasteiger partial charge in [0.2, 0.25) is 0 Å². The van der Waals surface area contributed by atoms with Gasteiger partial charge < -0.3 is 4.98 Å². The summed E-state index contributed by atoms with van der Waals surface area (Å²) in [6, 6.07) is 21.1. The van der Waals surface area contributed by atoms with Crippen molar-refractivity contribution in [3.8, 4) is 11.3 Å². The van der Waals surface area contributed by atoms with Crippen molar-refractivity contribution in [1.29, 1.82) is 0 Å². The van der Waals surface area contributed by atoms with E-state index in [1.807, 2.05) is 17.5 Å². The van der Waals surface area contributed by atoms with Gasteiger partial charge in [0.05, 0.1) is 0 Å². The summed E-state index contributed by atoms with van der Waals surface area (Å²) in [5, 5.41) is 2.67. The van der Waals surface area contributed by atoms with Crippen LogP contribution in [0.1, 0.15) is 37.7 Å². The zero-order chi connectivity index (χ0) is 17.1. The maximum atomic E-state index is 4.76. The number of hydrogen-bond donors (Lipinski definition) is 0. The third kappa shape index (κ3) is 2.63. The van der Waals surface area contributed by atoms with Crippen molar-refractivity contribution in [3.05, 3.63) is 66.4 Å². The molecule has 3 heteroatoms. The number of hydrogen-bond acceptors (Lipinski definition) is 2. The second-order valence-corrected chi connectivity index (χ2v) is 9.10. The number of benzene rings is 2. The van der Waals surface area contributed by atoms with Gasteiger partial charge >= 0.3 is 0 Å². The van der Waals surface area contributed by atoms with E-state index in [2.05, 4.69) is 54.6 Å². The average Bonchev–Trinajstić information content (AvgIpc) is 3.41. The van der Waals surface area contributed by atoms with Gasteiger partial charge in [0, 0.05) is 31.0 Å². The number of pyridine rings is 1. The van der Waals surface area contributed by atoms with Crippen LogP contribution in [0.15, 0.2) is 54.7 Å². The second kappa shape index (κ2) is 6.51. The largest absolute Gasteiger partial charge is 0.305 e. The summed E-state index contributed by atoms with van der Waals surface area (Å²) in [4.78, 5) is 4.76. The molecular weight excluding hydrogens is 527 g/mol. The van der Waals surface area contributed by atoms with Crippen LogP contribution in [0.2, 0.25) is 0 Å². The third-order valence-electron chi connectivity index (χ3n) is 6.71. The molecule has 0 spiro atoms. The van der Waals surface area contributed by atoms with E-state index in [-0.39, 0.29) is 20.1 Å². The Kier molecular flexibility index (Phi) is 4.23. The van der Waals surface area contributed by atoms with E-state index in [1.165, 1.54) is 57.8 Å². The molecule has 4 aromatic rings. The Morgan fingerprint density at radius 3 is 2.70 bits per heavy atom. The Morgan fingerprint density at radius 1 is 1.04 bits per heavy atom. The molecule has 2 fully saturated rings. The molecule has 6 rings (SSSR count). The van der Waals surface area contributed by atoms with Crippen LogP contribution in [0.3, 0.4) is 0 Å².